The molecule has 0 spiro atoms. The monoisotopic (exact) mass is 411 g/mol. The molecule has 1 amide bonds. The quantitative estimate of drug-likeness (QED) is 0.443. The largest absolute Gasteiger partial charge is 0.495 e. The lowest BCUT2D eigenvalue weighted by Gasteiger charge is -2.17. The first-order valence-corrected chi connectivity index (χ1v) is 9.06. The van der Waals surface area contributed by atoms with Gasteiger partial charge < -0.3 is 19.2 Å². The standard InChI is InChI=1S/C22H18ClNO5/c1-27-19-11-9-16(14-18(19)23)24-22(26)21(15-6-3-2-4-7-15)29-20(25)12-10-17-8-5-13-28-17/h2-14,21H,1H3,(H,24,26)/b12-10+. The van der Waals surface area contributed by atoms with Crippen LogP contribution in [0.15, 0.2) is 77.4 Å². The lowest BCUT2D eigenvalue weighted by molar-refractivity contribution is -0.149. The fourth-order valence-corrected chi connectivity index (χ4v) is 2.80. The van der Waals surface area contributed by atoms with Gasteiger partial charge in [-0.2, -0.15) is 0 Å². The summed E-state index contributed by atoms with van der Waals surface area (Å²) in [7, 11) is 1.50. The molecule has 6 nitrogen and oxygen atoms in total. The molecule has 0 aliphatic heterocycles. The number of furan rings is 1. The number of amides is 1. The highest BCUT2D eigenvalue weighted by molar-refractivity contribution is 6.32. The minimum atomic E-state index is -1.15. The van der Waals surface area contributed by atoms with Gasteiger partial charge in [0, 0.05) is 17.3 Å². The average Bonchev–Trinajstić information content (AvgIpc) is 3.25. The van der Waals surface area contributed by atoms with Crippen molar-refractivity contribution in [3.8, 4) is 5.75 Å². The second kappa shape index (κ2) is 9.61. The van der Waals surface area contributed by atoms with Gasteiger partial charge in [0.05, 0.1) is 18.4 Å². The van der Waals surface area contributed by atoms with E-state index < -0.39 is 18.0 Å². The molecule has 148 valence electrons. The summed E-state index contributed by atoms with van der Waals surface area (Å²) in [4.78, 5) is 25.1. The van der Waals surface area contributed by atoms with E-state index >= 15 is 0 Å². The highest BCUT2D eigenvalue weighted by atomic mass is 35.5. The van der Waals surface area contributed by atoms with Crippen LogP contribution in [0.1, 0.15) is 17.4 Å². The van der Waals surface area contributed by atoms with E-state index in [0.29, 0.717) is 27.8 Å². The fraction of sp³-hybridized carbons (Fsp3) is 0.0909. The molecular formula is C22H18ClNO5. The Labute approximate surface area is 172 Å². The van der Waals surface area contributed by atoms with Crippen LogP contribution in [-0.4, -0.2) is 19.0 Å². The smallest absolute Gasteiger partial charge is 0.332 e. The number of rotatable bonds is 7. The Balaban J connectivity index is 1.77. The maximum Gasteiger partial charge on any atom is 0.332 e. The molecular weight excluding hydrogens is 394 g/mol. The molecule has 2 aromatic carbocycles. The summed E-state index contributed by atoms with van der Waals surface area (Å²) in [6.07, 6.45) is 3.01. The molecule has 1 N–H and O–H groups in total. The fourth-order valence-electron chi connectivity index (χ4n) is 2.54. The van der Waals surface area contributed by atoms with Crippen LogP contribution in [0.4, 0.5) is 5.69 Å². The van der Waals surface area contributed by atoms with Gasteiger partial charge in [0.2, 0.25) is 6.10 Å². The van der Waals surface area contributed by atoms with Gasteiger partial charge in [-0.05, 0) is 36.4 Å². The van der Waals surface area contributed by atoms with E-state index in [9.17, 15) is 9.59 Å². The number of hydrogen-bond acceptors (Lipinski definition) is 5. The molecule has 0 saturated heterocycles. The minimum absolute atomic E-state index is 0.347. The Morgan fingerprint density at radius 1 is 1.10 bits per heavy atom. The number of esters is 1. The van der Waals surface area contributed by atoms with Gasteiger partial charge in [-0.1, -0.05) is 41.9 Å². The van der Waals surface area contributed by atoms with Crippen molar-refractivity contribution in [3.05, 3.63) is 89.3 Å². The minimum Gasteiger partial charge on any atom is -0.495 e. The van der Waals surface area contributed by atoms with E-state index in [4.69, 9.17) is 25.5 Å². The molecule has 3 rings (SSSR count). The van der Waals surface area contributed by atoms with Crippen LogP contribution in [0.5, 0.6) is 5.75 Å². The van der Waals surface area contributed by atoms with Crippen molar-refractivity contribution in [3.63, 3.8) is 0 Å². The summed E-state index contributed by atoms with van der Waals surface area (Å²) in [6.45, 7) is 0. The van der Waals surface area contributed by atoms with Gasteiger partial charge >= 0.3 is 5.97 Å². The molecule has 0 bridgehead atoms. The molecule has 0 radical (unpaired) electrons. The van der Waals surface area contributed by atoms with Gasteiger partial charge in [0.1, 0.15) is 11.5 Å². The van der Waals surface area contributed by atoms with Crippen LogP contribution in [0, 0.1) is 0 Å². The first-order chi connectivity index (χ1) is 14.1. The molecule has 1 atom stereocenters. The Morgan fingerprint density at radius 3 is 2.55 bits per heavy atom. The lowest BCUT2D eigenvalue weighted by atomic mass is 10.1. The maximum atomic E-state index is 12.8. The van der Waals surface area contributed by atoms with Crippen molar-refractivity contribution < 1.29 is 23.5 Å². The molecule has 3 aromatic rings. The van der Waals surface area contributed by atoms with Crippen molar-refractivity contribution in [2.24, 2.45) is 0 Å². The third kappa shape index (κ3) is 5.49. The number of nitrogens with one attached hydrogen (secondary N) is 1. The number of halogens is 1. The number of benzene rings is 2. The SMILES string of the molecule is COc1ccc(NC(=O)C(OC(=O)/C=C/c2ccco2)c2ccccc2)cc1Cl. The molecule has 7 heteroatoms. The third-order valence-electron chi connectivity index (χ3n) is 3.92. The highest BCUT2D eigenvalue weighted by Gasteiger charge is 2.24. The van der Waals surface area contributed by atoms with Gasteiger partial charge in [0.25, 0.3) is 5.91 Å². The summed E-state index contributed by atoms with van der Waals surface area (Å²) in [6, 6.07) is 16.9. The van der Waals surface area contributed by atoms with Gasteiger partial charge in [-0.3, -0.25) is 4.79 Å². The average molecular weight is 412 g/mol. The predicted octanol–water partition coefficient (Wildman–Crippen LogP) is 4.88. The number of carbonyl (C=O) groups is 2. The van der Waals surface area contributed by atoms with E-state index in [1.54, 1.807) is 60.7 Å². The van der Waals surface area contributed by atoms with E-state index in [0.717, 1.165) is 0 Å². The Morgan fingerprint density at radius 2 is 1.90 bits per heavy atom. The van der Waals surface area contributed by atoms with Crippen LogP contribution in [0.25, 0.3) is 6.08 Å². The second-order valence-corrected chi connectivity index (χ2v) is 6.32. The molecule has 1 unspecified atom stereocenters. The van der Waals surface area contributed by atoms with E-state index in [2.05, 4.69) is 5.32 Å². The number of hydrogen-bond donors (Lipinski definition) is 1. The summed E-state index contributed by atoms with van der Waals surface area (Å²) >= 11 is 6.10. The Hall–Kier alpha value is -3.51. The van der Waals surface area contributed by atoms with Crippen molar-refractivity contribution in [1.82, 2.24) is 0 Å². The van der Waals surface area contributed by atoms with E-state index in [-0.39, 0.29) is 0 Å². The topological polar surface area (TPSA) is 77.8 Å². The summed E-state index contributed by atoms with van der Waals surface area (Å²) in [5.74, 6) is -0.218. The van der Waals surface area contributed by atoms with E-state index in [1.807, 2.05) is 0 Å². The normalized spacial score (nSPS) is 11.8. The van der Waals surface area contributed by atoms with Crippen LogP contribution < -0.4 is 10.1 Å². The first kappa shape index (κ1) is 20.2. The number of ether oxygens (including phenoxy) is 2. The molecule has 1 heterocycles. The Kier molecular flexibility index (Phi) is 6.71. The molecule has 0 fully saturated rings. The van der Waals surface area contributed by atoms with Crippen molar-refractivity contribution in [2.45, 2.75) is 6.10 Å². The Bertz CT molecular complexity index is 999. The zero-order valence-electron chi connectivity index (χ0n) is 15.5. The summed E-state index contributed by atoms with van der Waals surface area (Å²) in [5, 5.41) is 3.06. The molecule has 29 heavy (non-hydrogen) atoms. The molecule has 0 aliphatic carbocycles. The lowest BCUT2D eigenvalue weighted by Crippen LogP contribution is -2.25. The van der Waals surface area contributed by atoms with Crippen molar-refractivity contribution in [1.29, 1.82) is 0 Å². The zero-order chi connectivity index (χ0) is 20.6. The molecule has 0 saturated carbocycles. The van der Waals surface area contributed by atoms with Crippen LogP contribution in [0.2, 0.25) is 5.02 Å². The maximum absolute atomic E-state index is 12.8. The zero-order valence-corrected chi connectivity index (χ0v) is 16.3. The second-order valence-electron chi connectivity index (χ2n) is 5.91. The van der Waals surface area contributed by atoms with Crippen molar-refractivity contribution in [2.75, 3.05) is 12.4 Å². The van der Waals surface area contributed by atoms with Gasteiger partial charge in [0.15, 0.2) is 0 Å². The number of methoxy groups -OCH3 is 1. The third-order valence-corrected chi connectivity index (χ3v) is 4.22. The highest BCUT2D eigenvalue weighted by Crippen LogP contribution is 2.28. The van der Waals surface area contributed by atoms with E-state index in [1.165, 1.54) is 25.5 Å². The first-order valence-electron chi connectivity index (χ1n) is 8.68. The van der Waals surface area contributed by atoms with Crippen LogP contribution >= 0.6 is 11.6 Å². The predicted molar refractivity (Wildman–Crippen MR) is 110 cm³/mol. The van der Waals surface area contributed by atoms with Crippen LogP contribution in [-0.2, 0) is 14.3 Å². The van der Waals surface area contributed by atoms with Gasteiger partial charge in [-0.15, -0.1) is 0 Å². The summed E-state index contributed by atoms with van der Waals surface area (Å²) < 4.78 is 15.6. The van der Waals surface area contributed by atoms with Crippen LogP contribution in [0.3, 0.4) is 0 Å². The van der Waals surface area contributed by atoms with Crippen molar-refractivity contribution >= 4 is 35.2 Å². The molecule has 1 aromatic heterocycles. The molecule has 0 aliphatic rings. The number of anilines is 1. The summed E-state index contributed by atoms with van der Waals surface area (Å²) in [5.41, 5.74) is 0.980. The van der Waals surface area contributed by atoms with Gasteiger partial charge in [-0.25, -0.2) is 4.79 Å². The number of carbonyl (C=O) groups excluding carboxylic acids is 2.